The summed E-state index contributed by atoms with van der Waals surface area (Å²) in [5.74, 6) is -5.31. The summed E-state index contributed by atoms with van der Waals surface area (Å²) < 4.78 is 106. The van der Waals surface area contributed by atoms with E-state index in [0.717, 1.165) is 46.7 Å². The number of ether oxygens (including phenoxy) is 1. The smallest absolute Gasteiger partial charge is 0.416 e. The summed E-state index contributed by atoms with van der Waals surface area (Å²) in [5, 5.41) is 0.0659. The van der Waals surface area contributed by atoms with Gasteiger partial charge in [0.25, 0.3) is 5.56 Å². The number of hydrogen-bond acceptors (Lipinski definition) is 4. The molecule has 1 aromatic heterocycles. The zero-order chi connectivity index (χ0) is 30.5. The topological polar surface area (TPSA) is 48.3 Å². The van der Waals surface area contributed by atoms with Crippen LogP contribution in [0, 0.1) is 30.2 Å². The number of aromatic nitrogens is 1. The van der Waals surface area contributed by atoms with Crippen molar-refractivity contribution in [3.63, 3.8) is 0 Å². The molecule has 12 heteroatoms. The van der Waals surface area contributed by atoms with E-state index in [9.17, 15) is 35.9 Å². The second-order valence-electron chi connectivity index (χ2n) is 9.57. The van der Waals surface area contributed by atoms with E-state index in [4.69, 9.17) is 4.74 Å². The van der Waals surface area contributed by atoms with Crippen molar-refractivity contribution in [1.29, 1.82) is 0 Å². The number of benzene rings is 3. The Morgan fingerprint density at radius 1 is 1.00 bits per heavy atom. The highest BCUT2D eigenvalue weighted by Crippen LogP contribution is 2.43. The van der Waals surface area contributed by atoms with Gasteiger partial charge in [-0.05, 0) is 48.4 Å². The lowest BCUT2D eigenvalue weighted by Gasteiger charge is -2.22. The number of fused-ring (bicyclic) bond motifs is 1. The number of alkyl halides is 3. The van der Waals surface area contributed by atoms with Crippen molar-refractivity contribution in [2.24, 2.45) is 0 Å². The fourth-order valence-electron chi connectivity index (χ4n) is 5.15. The number of ketones is 1. The summed E-state index contributed by atoms with van der Waals surface area (Å²) in [5.41, 5.74) is -3.55. The third-order valence-electron chi connectivity index (χ3n) is 7.11. The van der Waals surface area contributed by atoms with Gasteiger partial charge in [-0.15, -0.1) is 11.8 Å². The number of halogens is 7. The molecule has 218 valence electrons. The number of hydrogen-bond donors (Lipinski definition) is 0. The van der Waals surface area contributed by atoms with Gasteiger partial charge in [-0.3, -0.25) is 14.2 Å². The molecule has 3 aromatic carbocycles. The minimum absolute atomic E-state index is 0.0631. The van der Waals surface area contributed by atoms with Gasteiger partial charge >= 0.3 is 6.18 Å². The molecule has 0 spiro atoms. The van der Waals surface area contributed by atoms with Crippen LogP contribution in [0.25, 0.3) is 11.1 Å². The van der Waals surface area contributed by atoms with Crippen molar-refractivity contribution in [3.05, 3.63) is 116 Å². The summed E-state index contributed by atoms with van der Waals surface area (Å²) in [4.78, 5) is 27.5. The molecule has 0 amide bonds. The summed E-state index contributed by atoms with van der Waals surface area (Å²) in [7, 11) is 1.20. The molecule has 0 bridgehead atoms. The largest absolute Gasteiger partial charge is 0.494 e. The van der Waals surface area contributed by atoms with E-state index in [-0.39, 0.29) is 44.3 Å². The molecule has 1 aliphatic heterocycles. The minimum Gasteiger partial charge on any atom is -0.494 e. The highest BCUT2D eigenvalue weighted by molar-refractivity contribution is 7.99. The minimum atomic E-state index is -4.91. The predicted molar refractivity (Wildman–Crippen MR) is 142 cm³/mol. The van der Waals surface area contributed by atoms with Gasteiger partial charge in [0.1, 0.15) is 23.5 Å². The lowest BCUT2D eigenvalue weighted by molar-refractivity contribution is -0.138. The SMILES string of the molecule is COc1cccc(-c2c(C)c(Cc3c(F)cccc3C(F)(F)F)c3n(c2=O)C(C(=O)c2cc(F)cc(F)c2)CS3)c1F. The molecule has 42 heavy (non-hydrogen) atoms. The van der Waals surface area contributed by atoms with Gasteiger partial charge in [-0.1, -0.05) is 18.2 Å². The second-order valence-corrected chi connectivity index (χ2v) is 10.6. The molecule has 1 aliphatic rings. The monoisotopic (exact) mass is 607 g/mol. The van der Waals surface area contributed by atoms with E-state index in [2.05, 4.69) is 0 Å². The molecule has 0 saturated heterocycles. The van der Waals surface area contributed by atoms with E-state index >= 15 is 4.39 Å². The maximum atomic E-state index is 15.5. The van der Waals surface area contributed by atoms with Crippen LogP contribution in [0.2, 0.25) is 0 Å². The third kappa shape index (κ3) is 5.08. The molecule has 0 radical (unpaired) electrons. The Bertz CT molecular complexity index is 1780. The summed E-state index contributed by atoms with van der Waals surface area (Å²) in [6.45, 7) is 1.40. The predicted octanol–water partition coefficient (Wildman–Crippen LogP) is 7.53. The van der Waals surface area contributed by atoms with Crippen LogP contribution in [-0.2, 0) is 12.6 Å². The van der Waals surface area contributed by atoms with Gasteiger partial charge < -0.3 is 4.74 Å². The van der Waals surface area contributed by atoms with E-state index < -0.39 is 64.4 Å². The zero-order valence-corrected chi connectivity index (χ0v) is 22.7. The summed E-state index contributed by atoms with van der Waals surface area (Å²) >= 11 is 0.949. The summed E-state index contributed by atoms with van der Waals surface area (Å²) in [6.07, 6.45) is -5.56. The van der Waals surface area contributed by atoms with Crippen LogP contribution < -0.4 is 10.3 Å². The van der Waals surface area contributed by atoms with Gasteiger partial charge in [0.15, 0.2) is 17.3 Å². The fraction of sp³-hybridized carbons (Fsp3) is 0.200. The normalized spacial score (nSPS) is 14.6. The third-order valence-corrected chi connectivity index (χ3v) is 8.31. The quantitative estimate of drug-likeness (QED) is 0.168. The number of Topliss-reactive ketones (excluding diaryl/α,β-unsaturated/α-hetero) is 1. The van der Waals surface area contributed by atoms with Gasteiger partial charge in [-0.2, -0.15) is 13.2 Å². The number of methoxy groups -OCH3 is 1. The first-order valence-corrected chi connectivity index (χ1v) is 13.4. The highest BCUT2D eigenvalue weighted by atomic mass is 32.2. The summed E-state index contributed by atoms with van der Waals surface area (Å²) in [6, 6.07) is 7.31. The van der Waals surface area contributed by atoms with Crippen molar-refractivity contribution < 1.29 is 40.3 Å². The maximum absolute atomic E-state index is 15.5. The Kier molecular flexibility index (Phi) is 7.69. The van der Waals surface area contributed by atoms with Crippen LogP contribution in [-0.4, -0.2) is 23.2 Å². The van der Waals surface area contributed by atoms with E-state index in [1.54, 1.807) is 0 Å². The number of rotatable bonds is 6. The van der Waals surface area contributed by atoms with Crippen molar-refractivity contribution in [3.8, 4) is 16.9 Å². The van der Waals surface area contributed by atoms with Crippen LogP contribution in [0.1, 0.15) is 38.7 Å². The Morgan fingerprint density at radius 2 is 1.67 bits per heavy atom. The molecule has 0 saturated carbocycles. The highest BCUT2D eigenvalue weighted by Gasteiger charge is 2.38. The first-order chi connectivity index (χ1) is 19.8. The Labute approximate surface area is 238 Å². The fourth-order valence-corrected chi connectivity index (χ4v) is 6.52. The molecular weight excluding hydrogens is 587 g/mol. The van der Waals surface area contributed by atoms with Gasteiger partial charge in [-0.25, -0.2) is 17.6 Å². The van der Waals surface area contributed by atoms with Crippen LogP contribution >= 0.6 is 11.8 Å². The maximum Gasteiger partial charge on any atom is 0.416 e. The molecule has 4 aromatic rings. The molecular formula is C30H20F7NO3S. The molecule has 0 fully saturated rings. The average Bonchev–Trinajstić information content (AvgIpc) is 3.36. The van der Waals surface area contributed by atoms with Gasteiger partial charge in [0.05, 0.1) is 23.3 Å². The van der Waals surface area contributed by atoms with Crippen LogP contribution in [0.3, 0.4) is 0 Å². The van der Waals surface area contributed by atoms with Gasteiger partial charge in [0.2, 0.25) is 0 Å². The van der Waals surface area contributed by atoms with E-state index in [1.807, 2.05) is 0 Å². The lowest BCUT2D eigenvalue weighted by atomic mass is 9.92. The van der Waals surface area contributed by atoms with Crippen molar-refractivity contribution >= 4 is 17.5 Å². The zero-order valence-electron chi connectivity index (χ0n) is 21.9. The van der Waals surface area contributed by atoms with Crippen LogP contribution in [0.5, 0.6) is 5.75 Å². The first-order valence-electron chi connectivity index (χ1n) is 12.4. The number of thioether (sulfide) groups is 1. The lowest BCUT2D eigenvalue weighted by Crippen LogP contribution is -2.32. The Morgan fingerprint density at radius 3 is 2.31 bits per heavy atom. The molecule has 0 aliphatic carbocycles. The molecule has 5 rings (SSSR count). The van der Waals surface area contributed by atoms with Gasteiger partial charge in [0, 0.05) is 34.9 Å². The molecule has 0 N–H and O–H groups in total. The van der Waals surface area contributed by atoms with Crippen LogP contribution in [0.15, 0.2) is 64.4 Å². The van der Waals surface area contributed by atoms with E-state index in [0.29, 0.717) is 6.07 Å². The Hall–Kier alpha value is -4.06. The average molecular weight is 608 g/mol. The van der Waals surface area contributed by atoms with Crippen LogP contribution in [0.4, 0.5) is 30.7 Å². The molecule has 2 heterocycles. The number of pyridine rings is 1. The molecule has 1 atom stereocenters. The molecule has 4 nitrogen and oxygen atoms in total. The Balaban J connectivity index is 1.79. The van der Waals surface area contributed by atoms with Crippen molar-refractivity contribution in [2.75, 3.05) is 12.9 Å². The number of nitrogens with zero attached hydrogens (tertiary/aromatic N) is 1. The molecule has 1 unspecified atom stereocenters. The standard InChI is InChI=1S/C30H20F7NO3S/c1-14-19(12-20-21(30(35,36)37)6-4-7-22(20)33)29-38(28(40)25(14)18-5-3-8-24(41-2)26(18)34)23(13-42-29)27(39)15-9-16(31)11-17(32)10-15/h3-11,23H,12-13H2,1-2H3. The number of carbonyl (C=O) groups excluding carboxylic acids is 1. The van der Waals surface area contributed by atoms with Crippen molar-refractivity contribution in [2.45, 2.75) is 30.6 Å². The first kappa shape index (κ1) is 29.4. The van der Waals surface area contributed by atoms with E-state index in [1.165, 1.54) is 32.2 Å². The van der Waals surface area contributed by atoms with Crippen molar-refractivity contribution in [1.82, 2.24) is 4.57 Å². The second kappa shape index (κ2) is 11.0. The number of carbonyl (C=O) groups is 1.